The minimum Gasteiger partial charge on any atom is -0.497 e. The van der Waals surface area contributed by atoms with Gasteiger partial charge in [0.1, 0.15) is 11.8 Å². The van der Waals surface area contributed by atoms with Gasteiger partial charge in [0.05, 0.1) is 29.4 Å². The number of amides is 3. The van der Waals surface area contributed by atoms with E-state index in [1.165, 1.54) is 0 Å². The van der Waals surface area contributed by atoms with Crippen molar-refractivity contribution in [2.75, 3.05) is 12.4 Å². The molecule has 180 valence electrons. The molecule has 4 aromatic rings. The molecular formula is C29H25N3O4. The molecule has 0 fully saturated rings. The van der Waals surface area contributed by atoms with Gasteiger partial charge in [-0.1, -0.05) is 42.5 Å². The van der Waals surface area contributed by atoms with Crippen LogP contribution >= 0.6 is 0 Å². The summed E-state index contributed by atoms with van der Waals surface area (Å²) in [6, 6.07) is 22.7. The second-order valence-electron chi connectivity index (χ2n) is 8.65. The molecule has 0 bridgehead atoms. The van der Waals surface area contributed by atoms with E-state index in [-0.39, 0.29) is 0 Å². The summed E-state index contributed by atoms with van der Waals surface area (Å²) in [4.78, 5) is 45.6. The lowest BCUT2D eigenvalue weighted by atomic mass is 10.0. The van der Waals surface area contributed by atoms with Gasteiger partial charge in [0.25, 0.3) is 11.8 Å². The van der Waals surface area contributed by atoms with Crippen molar-refractivity contribution in [2.45, 2.75) is 25.3 Å². The van der Waals surface area contributed by atoms with Crippen LogP contribution in [-0.2, 0) is 11.2 Å². The molecule has 0 saturated heterocycles. The summed E-state index contributed by atoms with van der Waals surface area (Å²) in [5, 5.41) is 3.81. The highest BCUT2D eigenvalue weighted by Gasteiger charge is 2.42. The number of imide groups is 1. The second kappa shape index (κ2) is 10.00. The highest BCUT2D eigenvalue weighted by molar-refractivity contribution is 6.23. The summed E-state index contributed by atoms with van der Waals surface area (Å²) >= 11 is 0. The van der Waals surface area contributed by atoms with Gasteiger partial charge in [-0.2, -0.15) is 0 Å². The Hall–Kier alpha value is -4.52. The van der Waals surface area contributed by atoms with Crippen LogP contribution in [0.25, 0.3) is 10.9 Å². The van der Waals surface area contributed by atoms with E-state index in [2.05, 4.69) is 10.3 Å². The first kappa shape index (κ1) is 23.2. The Balaban J connectivity index is 1.40. The number of hydrogen-bond donors (Lipinski definition) is 1. The van der Waals surface area contributed by atoms with Crippen molar-refractivity contribution in [3.8, 4) is 5.75 Å². The quantitative estimate of drug-likeness (QED) is 0.364. The van der Waals surface area contributed by atoms with Crippen LogP contribution in [0.2, 0.25) is 0 Å². The average Bonchev–Trinajstić information content (AvgIpc) is 3.17. The number of nitrogens with one attached hydrogen (secondary N) is 1. The first-order valence-electron chi connectivity index (χ1n) is 11.8. The molecule has 5 rings (SSSR count). The molecule has 7 heteroatoms. The maximum atomic E-state index is 13.6. The van der Waals surface area contributed by atoms with Crippen LogP contribution in [0.3, 0.4) is 0 Å². The van der Waals surface area contributed by atoms with Gasteiger partial charge in [0.15, 0.2) is 0 Å². The summed E-state index contributed by atoms with van der Waals surface area (Å²) in [6.07, 6.45) is 3.27. The monoisotopic (exact) mass is 479 g/mol. The van der Waals surface area contributed by atoms with Crippen LogP contribution in [0.5, 0.6) is 5.75 Å². The molecule has 2 heterocycles. The van der Waals surface area contributed by atoms with E-state index in [4.69, 9.17) is 4.74 Å². The predicted octanol–water partition coefficient (Wildman–Crippen LogP) is 4.87. The van der Waals surface area contributed by atoms with E-state index in [0.717, 1.165) is 21.6 Å². The summed E-state index contributed by atoms with van der Waals surface area (Å²) in [5.41, 5.74) is 2.91. The van der Waals surface area contributed by atoms with Crippen molar-refractivity contribution in [3.63, 3.8) is 0 Å². The molecular weight excluding hydrogens is 454 g/mol. The minimum absolute atomic E-state index is 0.321. The molecule has 0 unspecified atom stereocenters. The number of nitrogens with zero attached hydrogens (tertiary/aromatic N) is 2. The normalized spacial score (nSPS) is 13.5. The van der Waals surface area contributed by atoms with E-state index in [0.29, 0.717) is 41.6 Å². The number of ether oxygens (including phenoxy) is 1. The van der Waals surface area contributed by atoms with Crippen LogP contribution in [0.4, 0.5) is 5.69 Å². The smallest absolute Gasteiger partial charge is 0.262 e. The molecule has 0 aliphatic carbocycles. The number of aromatic nitrogens is 1. The number of benzene rings is 3. The molecule has 0 spiro atoms. The second-order valence-corrected chi connectivity index (χ2v) is 8.65. The maximum absolute atomic E-state index is 13.6. The number of para-hydroxylation sites is 1. The Bertz CT molecular complexity index is 1410. The summed E-state index contributed by atoms with van der Waals surface area (Å²) in [7, 11) is 1.62. The molecule has 1 aliphatic rings. The number of carbonyl (C=O) groups excluding carboxylic acids is 3. The fraction of sp³-hybridized carbons (Fsp3) is 0.172. The van der Waals surface area contributed by atoms with Gasteiger partial charge in [-0.05, 0) is 61.2 Å². The molecule has 0 saturated carbocycles. The van der Waals surface area contributed by atoms with Crippen molar-refractivity contribution in [2.24, 2.45) is 0 Å². The lowest BCUT2D eigenvalue weighted by molar-refractivity contribution is -0.120. The number of anilines is 1. The largest absolute Gasteiger partial charge is 0.497 e. The zero-order valence-electron chi connectivity index (χ0n) is 19.8. The standard InChI is InChI=1S/C29H25N3O4/c1-36-21-16-14-19(15-17-21)7-4-13-25(32-28(34)22-10-2-3-11-23(22)29(32)35)27(33)31-24-12-5-8-20-9-6-18-30-26(20)24/h2-3,5-6,8-12,14-18,25H,4,7,13H2,1H3,(H,31,33)/t25-/m0/s1. The fourth-order valence-corrected chi connectivity index (χ4v) is 4.58. The third-order valence-corrected chi connectivity index (χ3v) is 6.43. The lowest BCUT2D eigenvalue weighted by Crippen LogP contribution is -2.47. The third kappa shape index (κ3) is 4.43. The van der Waals surface area contributed by atoms with E-state index in [1.807, 2.05) is 48.5 Å². The van der Waals surface area contributed by atoms with Gasteiger partial charge in [-0.15, -0.1) is 0 Å². The van der Waals surface area contributed by atoms with Gasteiger partial charge in [-0.25, -0.2) is 0 Å². The maximum Gasteiger partial charge on any atom is 0.262 e. The van der Waals surface area contributed by atoms with Crippen molar-refractivity contribution in [3.05, 3.63) is 102 Å². The Kier molecular flexibility index (Phi) is 6.45. The molecule has 1 N–H and O–H groups in total. The SMILES string of the molecule is COc1ccc(CCC[C@@H](C(=O)Nc2cccc3cccnc23)N2C(=O)c3ccccc3C2=O)cc1. The summed E-state index contributed by atoms with van der Waals surface area (Å²) in [6.45, 7) is 0. The van der Waals surface area contributed by atoms with Crippen molar-refractivity contribution in [1.29, 1.82) is 0 Å². The van der Waals surface area contributed by atoms with Gasteiger partial charge in [0.2, 0.25) is 5.91 Å². The number of methoxy groups -OCH3 is 1. The van der Waals surface area contributed by atoms with Gasteiger partial charge in [-0.3, -0.25) is 24.3 Å². The van der Waals surface area contributed by atoms with Crippen LogP contribution in [0.1, 0.15) is 39.1 Å². The van der Waals surface area contributed by atoms with E-state index < -0.39 is 23.8 Å². The fourth-order valence-electron chi connectivity index (χ4n) is 4.58. The topological polar surface area (TPSA) is 88.6 Å². The first-order valence-corrected chi connectivity index (χ1v) is 11.8. The van der Waals surface area contributed by atoms with Crippen LogP contribution < -0.4 is 10.1 Å². The zero-order chi connectivity index (χ0) is 25.1. The Morgan fingerprint density at radius 2 is 1.61 bits per heavy atom. The third-order valence-electron chi connectivity index (χ3n) is 6.43. The van der Waals surface area contributed by atoms with Crippen LogP contribution in [0, 0.1) is 0 Å². The number of hydrogen-bond acceptors (Lipinski definition) is 5. The number of carbonyl (C=O) groups is 3. The van der Waals surface area contributed by atoms with E-state index in [9.17, 15) is 14.4 Å². The van der Waals surface area contributed by atoms with Gasteiger partial charge >= 0.3 is 0 Å². The number of rotatable bonds is 8. The van der Waals surface area contributed by atoms with Crippen LogP contribution in [0.15, 0.2) is 85.1 Å². The van der Waals surface area contributed by atoms with Crippen molar-refractivity contribution < 1.29 is 19.1 Å². The Morgan fingerprint density at radius 1 is 0.917 bits per heavy atom. The first-order chi connectivity index (χ1) is 17.6. The molecule has 1 atom stereocenters. The summed E-state index contributed by atoms with van der Waals surface area (Å²) < 4.78 is 5.21. The van der Waals surface area contributed by atoms with Gasteiger partial charge < -0.3 is 10.1 Å². The average molecular weight is 480 g/mol. The molecule has 36 heavy (non-hydrogen) atoms. The Morgan fingerprint density at radius 3 is 2.31 bits per heavy atom. The lowest BCUT2D eigenvalue weighted by Gasteiger charge is -2.25. The molecule has 3 amide bonds. The van der Waals surface area contributed by atoms with E-state index >= 15 is 0 Å². The highest BCUT2D eigenvalue weighted by atomic mass is 16.5. The number of fused-ring (bicyclic) bond motifs is 2. The molecule has 1 aromatic heterocycles. The van der Waals surface area contributed by atoms with Crippen molar-refractivity contribution >= 4 is 34.3 Å². The summed E-state index contributed by atoms with van der Waals surface area (Å²) in [5.74, 6) is -0.546. The Labute approximate surface area is 208 Å². The number of aryl methyl sites for hydroxylation is 1. The molecule has 1 aliphatic heterocycles. The minimum atomic E-state index is -0.963. The highest BCUT2D eigenvalue weighted by Crippen LogP contribution is 2.28. The van der Waals surface area contributed by atoms with Gasteiger partial charge in [0, 0.05) is 11.6 Å². The zero-order valence-corrected chi connectivity index (χ0v) is 19.8. The molecule has 3 aromatic carbocycles. The van der Waals surface area contributed by atoms with Crippen molar-refractivity contribution in [1.82, 2.24) is 9.88 Å². The number of pyridine rings is 1. The predicted molar refractivity (Wildman–Crippen MR) is 137 cm³/mol. The molecule has 7 nitrogen and oxygen atoms in total. The van der Waals surface area contributed by atoms with Crippen LogP contribution in [-0.4, -0.2) is 40.8 Å². The molecule has 0 radical (unpaired) electrons. The van der Waals surface area contributed by atoms with E-state index in [1.54, 1.807) is 43.6 Å².